The summed E-state index contributed by atoms with van der Waals surface area (Å²) in [5, 5.41) is 0. The molecule has 0 unspecified atom stereocenters. The number of hydrogen-bond donors (Lipinski definition) is 0. The normalized spacial score (nSPS) is 11.2. The Morgan fingerprint density at radius 3 is 2.20 bits per heavy atom. The van der Waals surface area contributed by atoms with Crippen molar-refractivity contribution in [2.24, 2.45) is 0 Å². The van der Waals surface area contributed by atoms with Crippen molar-refractivity contribution in [3.05, 3.63) is 59.9 Å². The Morgan fingerprint density at radius 1 is 1.05 bits per heavy atom. The van der Waals surface area contributed by atoms with Gasteiger partial charge in [0, 0.05) is 18.9 Å². The van der Waals surface area contributed by atoms with Gasteiger partial charge in [-0.05, 0) is 35.2 Å². The van der Waals surface area contributed by atoms with Crippen LogP contribution in [0.4, 0.5) is 5.69 Å². The first-order valence-corrected chi connectivity index (χ1v) is 6.69. The minimum absolute atomic E-state index is 0.103. The van der Waals surface area contributed by atoms with Crippen LogP contribution in [-0.4, -0.2) is 17.9 Å². The smallest absolute Gasteiger partial charge is 0.276 e. The van der Waals surface area contributed by atoms with E-state index in [2.05, 4.69) is 37.9 Å². The lowest BCUT2D eigenvalue weighted by atomic mass is 9.87. The maximum atomic E-state index is 12.3. The SMILES string of the molecule is CN(C(=O)c1ccccn1)c1ccc(C(C)(C)C)cc1. The zero-order valence-electron chi connectivity index (χ0n) is 12.4. The van der Waals surface area contributed by atoms with E-state index in [9.17, 15) is 4.79 Å². The molecule has 0 aliphatic heterocycles. The number of carbonyl (C=O) groups is 1. The summed E-state index contributed by atoms with van der Waals surface area (Å²) in [4.78, 5) is 18.0. The van der Waals surface area contributed by atoms with E-state index in [0.29, 0.717) is 5.69 Å². The van der Waals surface area contributed by atoms with Crippen LogP contribution < -0.4 is 4.90 Å². The van der Waals surface area contributed by atoms with E-state index < -0.39 is 0 Å². The molecule has 20 heavy (non-hydrogen) atoms. The minimum atomic E-state index is -0.103. The largest absolute Gasteiger partial charge is 0.310 e. The van der Waals surface area contributed by atoms with Gasteiger partial charge >= 0.3 is 0 Å². The van der Waals surface area contributed by atoms with Crippen molar-refractivity contribution in [1.29, 1.82) is 0 Å². The van der Waals surface area contributed by atoms with Crippen molar-refractivity contribution in [3.8, 4) is 0 Å². The van der Waals surface area contributed by atoms with E-state index >= 15 is 0 Å². The highest BCUT2D eigenvalue weighted by molar-refractivity contribution is 6.04. The van der Waals surface area contributed by atoms with Gasteiger partial charge < -0.3 is 4.90 Å². The first-order valence-electron chi connectivity index (χ1n) is 6.69. The van der Waals surface area contributed by atoms with Gasteiger partial charge in [0.1, 0.15) is 5.69 Å². The summed E-state index contributed by atoms with van der Waals surface area (Å²) in [5.74, 6) is -0.103. The van der Waals surface area contributed by atoms with Gasteiger partial charge in [-0.3, -0.25) is 9.78 Å². The summed E-state index contributed by atoms with van der Waals surface area (Å²) in [5.41, 5.74) is 2.69. The molecule has 1 amide bonds. The first-order chi connectivity index (χ1) is 9.39. The standard InChI is InChI=1S/C17H20N2O/c1-17(2,3)13-8-10-14(11-9-13)19(4)16(20)15-7-5-6-12-18-15/h5-12H,1-4H3. The van der Waals surface area contributed by atoms with Gasteiger partial charge in [0.2, 0.25) is 0 Å². The third-order valence-corrected chi connectivity index (χ3v) is 3.31. The molecule has 0 saturated carbocycles. The zero-order valence-corrected chi connectivity index (χ0v) is 12.4. The zero-order chi connectivity index (χ0) is 14.8. The molecule has 1 aromatic heterocycles. The van der Waals surface area contributed by atoms with Crippen LogP contribution in [0.5, 0.6) is 0 Å². The predicted octanol–water partition coefficient (Wildman–Crippen LogP) is 3.66. The summed E-state index contributed by atoms with van der Waals surface area (Å²) in [6.07, 6.45) is 1.63. The second kappa shape index (κ2) is 5.45. The van der Waals surface area contributed by atoms with Crippen LogP contribution in [0.2, 0.25) is 0 Å². The Bertz CT molecular complexity index is 583. The Balaban J connectivity index is 2.22. The monoisotopic (exact) mass is 268 g/mol. The van der Waals surface area contributed by atoms with E-state index in [1.165, 1.54) is 5.56 Å². The molecular formula is C17H20N2O. The highest BCUT2D eigenvalue weighted by Gasteiger charge is 2.16. The van der Waals surface area contributed by atoms with Crippen molar-refractivity contribution >= 4 is 11.6 Å². The highest BCUT2D eigenvalue weighted by atomic mass is 16.2. The number of nitrogens with zero attached hydrogens (tertiary/aromatic N) is 2. The molecule has 2 rings (SSSR count). The fraction of sp³-hybridized carbons (Fsp3) is 0.294. The minimum Gasteiger partial charge on any atom is -0.310 e. The lowest BCUT2D eigenvalue weighted by Crippen LogP contribution is -2.27. The number of rotatable bonds is 2. The van der Waals surface area contributed by atoms with Gasteiger partial charge in [-0.25, -0.2) is 0 Å². The number of amides is 1. The maximum Gasteiger partial charge on any atom is 0.276 e. The molecule has 1 heterocycles. The second-order valence-corrected chi connectivity index (χ2v) is 5.88. The number of anilines is 1. The number of aromatic nitrogens is 1. The van der Waals surface area contributed by atoms with Crippen molar-refractivity contribution < 1.29 is 4.79 Å². The molecule has 104 valence electrons. The molecule has 0 saturated heterocycles. The van der Waals surface area contributed by atoms with Crippen LogP contribution in [0.1, 0.15) is 36.8 Å². The number of carbonyl (C=O) groups excluding carboxylic acids is 1. The Hall–Kier alpha value is -2.16. The van der Waals surface area contributed by atoms with Gasteiger partial charge in [-0.15, -0.1) is 0 Å². The Morgan fingerprint density at radius 2 is 1.70 bits per heavy atom. The third kappa shape index (κ3) is 3.05. The van der Waals surface area contributed by atoms with Crippen molar-refractivity contribution in [3.63, 3.8) is 0 Å². The van der Waals surface area contributed by atoms with Gasteiger partial charge in [0.15, 0.2) is 0 Å². The van der Waals surface area contributed by atoms with Crippen LogP contribution in [0.15, 0.2) is 48.7 Å². The molecule has 0 bridgehead atoms. The molecule has 0 fully saturated rings. The topological polar surface area (TPSA) is 33.2 Å². The molecule has 3 heteroatoms. The number of hydrogen-bond acceptors (Lipinski definition) is 2. The summed E-state index contributed by atoms with van der Waals surface area (Å²) in [6, 6.07) is 13.4. The summed E-state index contributed by atoms with van der Waals surface area (Å²) < 4.78 is 0. The molecular weight excluding hydrogens is 248 g/mol. The second-order valence-electron chi connectivity index (χ2n) is 5.88. The van der Waals surface area contributed by atoms with Crippen LogP contribution in [0.25, 0.3) is 0 Å². The van der Waals surface area contributed by atoms with Gasteiger partial charge in [-0.2, -0.15) is 0 Å². The maximum absolute atomic E-state index is 12.3. The molecule has 0 N–H and O–H groups in total. The van der Waals surface area contributed by atoms with Crippen molar-refractivity contribution in [2.75, 3.05) is 11.9 Å². The fourth-order valence-electron chi connectivity index (χ4n) is 1.96. The van der Waals surface area contributed by atoms with Gasteiger partial charge in [0.25, 0.3) is 5.91 Å². The molecule has 0 radical (unpaired) electrons. The molecule has 0 spiro atoms. The van der Waals surface area contributed by atoms with E-state index in [4.69, 9.17) is 0 Å². The first kappa shape index (κ1) is 14.3. The third-order valence-electron chi connectivity index (χ3n) is 3.31. The Labute approximate surface area is 120 Å². The molecule has 3 nitrogen and oxygen atoms in total. The quantitative estimate of drug-likeness (QED) is 0.833. The van der Waals surface area contributed by atoms with Crippen LogP contribution in [0, 0.1) is 0 Å². The average Bonchev–Trinajstić information content (AvgIpc) is 2.46. The molecule has 0 atom stereocenters. The van der Waals surface area contributed by atoms with E-state index in [0.717, 1.165) is 5.69 Å². The highest BCUT2D eigenvalue weighted by Crippen LogP contribution is 2.24. The molecule has 0 aliphatic carbocycles. The fourth-order valence-corrected chi connectivity index (χ4v) is 1.96. The summed E-state index contributed by atoms with van der Waals surface area (Å²) in [7, 11) is 1.77. The van der Waals surface area contributed by atoms with Crippen LogP contribution in [-0.2, 0) is 5.41 Å². The van der Waals surface area contributed by atoms with Crippen molar-refractivity contribution in [1.82, 2.24) is 4.98 Å². The number of pyridine rings is 1. The van der Waals surface area contributed by atoms with Crippen LogP contribution in [0.3, 0.4) is 0 Å². The average molecular weight is 268 g/mol. The van der Waals surface area contributed by atoms with E-state index in [1.807, 2.05) is 18.2 Å². The Kier molecular flexibility index (Phi) is 3.89. The lowest BCUT2D eigenvalue weighted by Gasteiger charge is -2.21. The van der Waals surface area contributed by atoms with E-state index in [-0.39, 0.29) is 11.3 Å². The number of benzene rings is 1. The summed E-state index contributed by atoms with van der Waals surface area (Å²) >= 11 is 0. The lowest BCUT2D eigenvalue weighted by molar-refractivity contribution is 0.0988. The van der Waals surface area contributed by atoms with Gasteiger partial charge in [-0.1, -0.05) is 39.0 Å². The van der Waals surface area contributed by atoms with Crippen molar-refractivity contribution in [2.45, 2.75) is 26.2 Å². The molecule has 0 aliphatic rings. The van der Waals surface area contributed by atoms with E-state index in [1.54, 1.807) is 30.3 Å². The molecule has 2 aromatic rings. The van der Waals surface area contributed by atoms with Crippen LogP contribution >= 0.6 is 0 Å². The van der Waals surface area contributed by atoms with Gasteiger partial charge in [0.05, 0.1) is 0 Å². The molecule has 1 aromatic carbocycles. The predicted molar refractivity (Wildman–Crippen MR) is 82.1 cm³/mol. The summed E-state index contributed by atoms with van der Waals surface area (Å²) in [6.45, 7) is 6.51.